The van der Waals surface area contributed by atoms with E-state index in [1.807, 2.05) is 13.8 Å². The van der Waals surface area contributed by atoms with Crippen LogP contribution in [0.5, 0.6) is 0 Å². The highest BCUT2D eigenvalue weighted by Crippen LogP contribution is 2.41. The van der Waals surface area contributed by atoms with E-state index in [0.29, 0.717) is 11.1 Å². The molecule has 0 N–H and O–H groups in total. The zero-order valence-electron chi connectivity index (χ0n) is 11.9. The van der Waals surface area contributed by atoms with Crippen LogP contribution < -0.4 is 0 Å². The fourth-order valence-electron chi connectivity index (χ4n) is 1.80. The molecular weight excluding hydrogens is 294 g/mol. The number of hydrogen-bond donors (Lipinski definition) is 0. The van der Waals surface area contributed by atoms with Gasteiger partial charge in [-0.05, 0) is 74.2 Å². The van der Waals surface area contributed by atoms with Crippen LogP contribution in [-0.4, -0.2) is 0 Å². The van der Waals surface area contributed by atoms with Gasteiger partial charge in [-0.25, -0.2) is 8.78 Å². The highest BCUT2D eigenvalue weighted by molar-refractivity contribution is 8.76. The average Bonchev–Trinajstić information content (AvgIpc) is 2.43. The highest BCUT2D eigenvalue weighted by Gasteiger charge is 2.10. The lowest BCUT2D eigenvalue weighted by molar-refractivity contribution is 0.614. The molecule has 2 rings (SSSR count). The van der Waals surface area contributed by atoms with Crippen LogP contribution in [0.1, 0.15) is 22.3 Å². The van der Waals surface area contributed by atoms with Crippen LogP contribution in [0.4, 0.5) is 8.78 Å². The molecule has 0 saturated heterocycles. The molecule has 0 radical (unpaired) electrons. The predicted molar refractivity (Wildman–Crippen MR) is 83.5 cm³/mol. The van der Waals surface area contributed by atoms with Crippen LogP contribution in [0.15, 0.2) is 34.1 Å². The molecule has 0 aliphatic heterocycles. The Kier molecular flexibility index (Phi) is 4.76. The van der Waals surface area contributed by atoms with Crippen molar-refractivity contribution in [3.8, 4) is 0 Å². The Bertz CT molecular complexity index is 594. The van der Waals surface area contributed by atoms with Gasteiger partial charge in [0.15, 0.2) is 0 Å². The minimum absolute atomic E-state index is 0.175. The third-order valence-corrected chi connectivity index (χ3v) is 6.22. The molecule has 0 aromatic heterocycles. The Morgan fingerprint density at radius 1 is 0.600 bits per heavy atom. The molecule has 2 aromatic carbocycles. The summed E-state index contributed by atoms with van der Waals surface area (Å²) in [6.07, 6.45) is 0. The molecule has 0 aliphatic carbocycles. The first-order chi connectivity index (χ1) is 9.41. The van der Waals surface area contributed by atoms with Crippen molar-refractivity contribution in [1.82, 2.24) is 0 Å². The van der Waals surface area contributed by atoms with Crippen molar-refractivity contribution in [3.63, 3.8) is 0 Å². The molecule has 0 spiro atoms. The zero-order valence-corrected chi connectivity index (χ0v) is 13.5. The van der Waals surface area contributed by atoms with Gasteiger partial charge >= 0.3 is 0 Å². The second-order valence-electron chi connectivity index (χ2n) is 4.76. The summed E-state index contributed by atoms with van der Waals surface area (Å²) < 4.78 is 26.9. The average molecular weight is 310 g/mol. The van der Waals surface area contributed by atoms with E-state index in [1.54, 1.807) is 47.6 Å². The van der Waals surface area contributed by atoms with E-state index >= 15 is 0 Å². The lowest BCUT2D eigenvalue weighted by Crippen LogP contribution is -1.90. The van der Waals surface area contributed by atoms with Gasteiger partial charge in [-0.15, -0.1) is 0 Å². The summed E-state index contributed by atoms with van der Waals surface area (Å²) in [5.74, 6) is -0.351. The van der Waals surface area contributed by atoms with Crippen LogP contribution in [0.25, 0.3) is 0 Å². The maximum atomic E-state index is 13.4. The smallest absolute Gasteiger partial charge is 0.126 e. The first-order valence-electron chi connectivity index (χ1n) is 6.27. The van der Waals surface area contributed by atoms with Crippen LogP contribution in [0.3, 0.4) is 0 Å². The molecule has 0 unspecified atom stereocenters. The van der Waals surface area contributed by atoms with Gasteiger partial charge in [-0.1, -0.05) is 21.6 Å². The largest absolute Gasteiger partial charge is 0.207 e. The van der Waals surface area contributed by atoms with Gasteiger partial charge in [-0.3, -0.25) is 0 Å². The van der Waals surface area contributed by atoms with Gasteiger partial charge in [-0.2, -0.15) is 0 Å². The van der Waals surface area contributed by atoms with E-state index < -0.39 is 0 Å². The van der Waals surface area contributed by atoms with E-state index in [-0.39, 0.29) is 11.6 Å². The van der Waals surface area contributed by atoms with Crippen molar-refractivity contribution < 1.29 is 8.78 Å². The van der Waals surface area contributed by atoms with E-state index in [2.05, 4.69) is 0 Å². The number of hydrogen-bond acceptors (Lipinski definition) is 2. The quantitative estimate of drug-likeness (QED) is 0.638. The summed E-state index contributed by atoms with van der Waals surface area (Å²) in [7, 11) is 3.16. The van der Waals surface area contributed by atoms with Crippen molar-refractivity contribution in [2.75, 3.05) is 0 Å². The molecular formula is C16H16F2S2. The first kappa shape index (κ1) is 15.4. The molecule has 0 atom stereocenters. The van der Waals surface area contributed by atoms with Crippen molar-refractivity contribution in [1.29, 1.82) is 0 Å². The first-order valence-corrected chi connectivity index (χ1v) is 8.42. The standard InChI is InChI=1S/C16H16F2S2/c1-9-11(3)15(7-5-13(9)17)19-20-16-8-6-14(18)10(2)12(16)4/h5-8H,1-4H3. The maximum absolute atomic E-state index is 13.4. The van der Waals surface area contributed by atoms with Gasteiger partial charge in [0, 0.05) is 9.79 Å². The molecule has 2 aromatic rings. The number of benzene rings is 2. The SMILES string of the molecule is Cc1c(F)ccc(SSc2ccc(F)c(C)c2C)c1C. The molecule has 0 fully saturated rings. The molecule has 0 heterocycles. The normalized spacial score (nSPS) is 10.9. The van der Waals surface area contributed by atoms with Crippen molar-refractivity contribution in [2.45, 2.75) is 37.5 Å². The molecule has 20 heavy (non-hydrogen) atoms. The zero-order chi connectivity index (χ0) is 14.9. The van der Waals surface area contributed by atoms with Gasteiger partial charge in [0.1, 0.15) is 11.6 Å². The van der Waals surface area contributed by atoms with E-state index in [0.717, 1.165) is 20.9 Å². The third kappa shape index (κ3) is 3.01. The minimum atomic E-state index is -0.175. The molecule has 0 bridgehead atoms. The lowest BCUT2D eigenvalue weighted by atomic mass is 10.1. The monoisotopic (exact) mass is 310 g/mol. The summed E-state index contributed by atoms with van der Waals surface area (Å²) in [5.41, 5.74) is 3.28. The molecule has 0 saturated carbocycles. The lowest BCUT2D eigenvalue weighted by Gasteiger charge is -2.11. The summed E-state index contributed by atoms with van der Waals surface area (Å²) in [4.78, 5) is 2.07. The van der Waals surface area contributed by atoms with E-state index in [4.69, 9.17) is 0 Å². The van der Waals surface area contributed by atoms with Crippen LogP contribution >= 0.6 is 21.6 Å². The number of halogens is 2. The van der Waals surface area contributed by atoms with Gasteiger partial charge < -0.3 is 0 Å². The summed E-state index contributed by atoms with van der Waals surface area (Å²) in [6, 6.07) is 6.57. The fraction of sp³-hybridized carbons (Fsp3) is 0.250. The highest BCUT2D eigenvalue weighted by atomic mass is 33.1. The molecule has 0 aliphatic rings. The van der Waals surface area contributed by atoms with Gasteiger partial charge in [0.25, 0.3) is 0 Å². The second kappa shape index (κ2) is 6.19. The molecule has 106 valence electrons. The van der Waals surface area contributed by atoms with Gasteiger partial charge in [0.2, 0.25) is 0 Å². The maximum Gasteiger partial charge on any atom is 0.126 e. The van der Waals surface area contributed by atoms with Crippen LogP contribution in [0, 0.1) is 39.3 Å². The Labute approximate surface area is 126 Å². The summed E-state index contributed by atoms with van der Waals surface area (Å²) in [6.45, 7) is 7.41. The minimum Gasteiger partial charge on any atom is -0.207 e. The van der Waals surface area contributed by atoms with Crippen LogP contribution in [-0.2, 0) is 0 Å². The van der Waals surface area contributed by atoms with E-state index in [1.165, 1.54) is 12.1 Å². The molecule has 0 amide bonds. The second-order valence-corrected chi connectivity index (χ2v) is 6.97. The van der Waals surface area contributed by atoms with E-state index in [9.17, 15) is 8.78 Å². The van der Waals surface area contributed by atoms with Crippen molar-refractivity contribution in [2.24, 2.45) is 0 Å². The summed E-state index contributed by atoms with van der Waals surface area (Å²) in [5, 5.41) is 0. The topological polar surface area (TPSA) is 0 Å². The number of rotatable bonds is 3. The molecule has 4 heteroatoms. The van der Waals surface area contributed by atoms with Crippen molar-refractivity contribution >= 4 is 21.6 Å². The van der Waals surface area contributed by atoms with Crippen LogP contribution in [0.2, 0.25) is 0 Å². The molecule has 0 nitrogen and oxygen atoms in total. The Morgan fingerprint density at radius 3 is 1.30 bits per heavy atom. The fourth-order valence-corrected chi connectivity index (χ4v) is 4.40. The van der Waals surface area contributed by atoms with Crippen molar-refractivity contribution in [3.05, 3.63) is 58.2 Å². The Balaban J connectivity index is 2.22. The predicted octanol–water partition coefficient (Wildman–Crippen LogP) is 6.00. The summed E-state index contributed by atoms with van der Waals surface area (Å²) >= 11 is 0. The Morgan fingerprint density at radius 2 is 0.950 bits per heavy atom. The van der Waals surface area contributed by atoms with Gasteiger partial charge in [0.05, 0.1) is 0 Å². The Hall–Kier alpha value is -1.00. The third-order valence-electron chi connectivity index (χ3n) is 3.56.